The first-order valence-corrected chi connectivity index (χ1v) is 11.4. The zero-order chi connectivity index (χ0) is 23.0. The van der Waals surface area contributed by atoms with Crippen molar-refractivity contribution in [3.05, 3.63) is 58.7 Å². The molecule has 0 atom stereocenters. The lowest BCUT2D eigenvalue weighted by molar-refractivity contribution is -0.137. The van der Waals surface area contributed by atoms with E-state index in [1.807, 2.05) is 32.9 Å². The van der Waals surface area contributed by atoms with Crippen LogP contribution < -0.4 is 5.32 Å². The number of piperidine rings is 1. The number of hydrogen-bond acceptors (Lipinski definition) is 3. The first kappa shape index (κ1) is 23.3. The van der Waals surface area contributed by atoms with Crippen LogP contribution in [0.5, 0.6) is 0 Å². The summed E-state index contributed by atoms with van der Waals surface area (Å²) in [6.07, 6.45) is -4.02. The summed E-state index contributed by atoms with van der Waals surface area (Å²) in [6.45, 7) is 5.96. The lowest BCUT2D eigenvalue weighted by Gasteiger charge is -2.31. The zero-order valence-electron chi connectivity index (χ0n) is 17.6. The van der Waals surface area contributed by atoms with Gasteiger partial charge in [0.15, 0.2) is 0 Å². The first-order chi connectivity index (χ1) is 14.4. The Kier molecular flexibility index (Phi) is 6.48. The van der Waals surface area contributed by atoms with Crippen LogP contribution in [-0.2, 0) is 21.0 Å². The van der Waals surface area contributed by atoms with E-state index in [4.69, 9.17) is 0 Å². The normalized spacial score (nSPS) is 16.3. The van der Waals surface area contributed by atoms with Gasteiger partial charge < -0.3 is 5.32 Å². The molecule has 0 bridgehead atoms. The summed E-state index contributed by atoms with van der Waals surface area (Å²) in [5, 5.41) is 2.95. The maximum Gasteiger partial charge on any atom is 0.416 e. The smallest absolute Gasteiger partial charge is 0.325 e. The van der Waals surface area contributed by atoms with Gasteiger partial charge in [-0.1, -0.05) is 23.8 Å². The maximum absolute atomic E-state index is 12.9. The molecule has 1 aliphatic heterocycles. The number of halogens is 3. The number of nitrogens with zero attached hydrogens (tertiary/aromatic N) is 1. The molecule has 1 heterocycles. The van der Waals surface area contributed by atoms with Crippen molar-refractivity contribution in [2.45, 2.75) is 44.7 Å². The van der Waals surface area contributed by atoms with Crippen LogP contribution in [0.15, 0.2) is 41.3 Å². The fraction of sp³-hybridized carbons (Fsp3) is 0.409. The molecule has 1 fully saturated rings. The molecular formula is C22H25F3N2O3S. The molecule has 0 radical (unpaired) electrons. The van der Waals surface area contributed by atoms with Crippen LogP contribution in [0.2, 0.25) is 0 Å². The minimum absolute atomic E-state index is 0.0720. The van der Waals surface area contributed by atoms with E-state index in [2.05, 4.69) is 5.32 Å². The molecule has 0 unspecified atom stereocenters. The Morgan fingerprint density at radius 2 is 1.61 bits per heavy atom. The third-order valence-electron chi connectivity index (χ3n) is 5.55. The second-order valence-corrected chi connectivity index (χ2v) is 9.90. The van der Waals surface area contributed by atoms with Crippen molar-refractivity contribution in [2.75, 3.05) is 18.4 Å². The van der Waals surface area contributed by atoms with E-state index >= 15 is 0 Å². The molecule has 0 spiro atoms. The highest BCUT2D eigenvalue weighted by atomic mass is 32.2. The SMILES string of the molecule is Cc1cc(C)c(NC(=O)C2CCN(S(=O)(=O)c3cccc(C(F)(F)F)c3)CC2)c(C)c1. The van der Waals surface area contributed by atoms with Crippen molar-refractivity contribution in [3.8, 4) is 0 Å². The third-order valence-corrected chi connectivity index (χ3v) is 7.44. The fourth-order valence-electron chi connectivity index (χ4n) is 3.94. The number of benzene rings is 2. The molecule has 168 valence electrons. The molecule has 9 heteroatoms. The van der Waals surface area contributed by atoms with Gasteiger partial charge in [0.1, 0.15) is 0 Å². The van der Waals surface area contributed by atoms with Gasteiger partial charge in [0.05, 0.1) is 10.5 Å². The van der Waals surface area contributed by atoms with Gasteiger partial charge in [0.25, 0.3) is 0 Å². The highest BCUT2D eigenvalue weighted by molar-refractivity contribution is 7.89. The van der Waals surface area contributed by atoms with Crippen LogP contribution in [-0.4, -0.2) is 31.7 Å². The molecule has 3 rings (SSSR count). The summed E-state index contributed by atoms with van der Waals surface area (Å²) in [4.78, 5) is 12.3. The molecule has 5 nitrogen and oxygen atoms in total. The molecule has 0 aliphatic carbocycles. The number of anilines is 1. The maximum atomic E-state index is 12.9. The van der Waals surface area contributed by atoms with E-state index in [1.54, 1.807) is 0 Å². The van der Waals surface area contributed by atoms with Gasteiger partial charge >= 0.3 is 6.18 Å². The summed E-state index contributed by atoms with van der Waals surface area (Å²) >= 11 is 0. The number of sulfonamides is 1. The van der Waals surface area contributed by atoms with E-state index in [0.717, 1.165) is 44.9 Å². The molecule has 1 amide bonds. The van der Waals surface area contributed by atoms with Gasteiger partial charge in [-0.05, 0) is 62.9 Å². The standard InChI is InChI=1S/C22H25F3N2O3S/c1-14-11-15(2)20(16(3)12-14)26-21(28)17-7-9-27(10-8-17)31(29,30)19-6-4-5-18(13-19)22(23,24)25/h4-6,11-13,17H,7-10H2,1-3H3,(H,26,28). The van der Waals surface area contributed by atoms with Gasteiger partial charge in [-0.25, -0.2) is 8.42 Å². The molecule has 1 N–H and O–H groups in total. The molecular weight excluding hydrogens is 429 g/mol. The van der Waals surface area contributed by atoms with E-state index < -0.39 is 26.7 Å². The van der Waals surface area contributed by atoms with Gasteiger partial charge in [-0.15, -0.1) is 0 Å². The summed E-state index contributed by atoms with van der Waals surface area (Å²) in [7, 11) is -4.07. The zero-order valence-corrected chi connectivity index (χ0v) is 18.4. The predicted octanol–water partition coefficient (Wildman–Crippen LogP) is 4.67. The minimum atomic E-state index is -4.62. The summed E-state index contributed by atoms with van der Waals surface area (Å²) in [6, 6.07) is 7.69. The van der Waals surface area contributed by atoms with Crippen LogP contribution >= 0.6 is 0 Å². The van der Waals surface area contributed by atoms with Crippen LogP contribution in [0.3, 0.4) is 0 Å². The van der Waals surface area contributed by atoms with Crippen molar-refractivity contribution >= 4 is 21.6 Å². The third kappa shape index (κ3) is 5.10. The van der Waals surface area contributed by atoms with Gasteiger partial charge in [0.2, 0.25) is 15.9 Å². The summed E-state index contributed by atoms with van der Waals surface area (Å²) in [5.41, 5.74) is 2.76. The first-order valence-electron chi connectivity index (χ1n) is 9.95. The molecule has 1 saturated heterocycles. The number of hydrogen-bond donors (Lipinski definition) is 1. The lowest BCUT2D eigenvalue weighted by Crippen LogP contribution is -2.41. The Morgan fingerprint density at radius 1 is 1.03 bits per heavy atom. The Hall–Kier alpha value is -2.39. The number of amides is 1. The Bertz CT molecular complexity index is 1070. The van der Waals surface area contributed by atoms with Crippen molar-refractivity contribution < 1.29 is 26.4 Å². The number of aryl methyl sites for hydroxylation is 3. The Labute approximate surface area is 180 Å². The van der Waals surface area contributed by atoms with Crippen molar-refractivity contribution in [1.82, 2.24) is 4.31 Å². The number of alkyl halides is 3. The van der Waals surface area contributed by atoms with Crippen LogP contribution in [0.4, 0.5) is 18.9 Å². The monoisotopic (exact) mass is 454 g/mol. The highest BCUT2D eigenvalue weighted by Crippen LogP contribution is 2.32. The number of carbonyl (C=O) groups excluding carboxylic acids is 1. The van der Waals surface area contributed by atoms with Gasteiger partial charge in [-0.2, -0.15) is 17.5 Å². The predicted molar refractivity (Wildman–Crippen MR) is 112 cm³/mol. The number of nitrogens with one attached hydrogen (secondary N) is 1. The molecule has 0 aromatic heterocycles. The van der Waals surface area contributed by atoms with Crippen LogP contribution in [0.1, 0.15) is 35.1 Å². The van der Waals surface area contributed by atoms with Gasteiger partial charge in [-0.3, -0.25) is 4.79 Å². The summed E-state index contributed by atoms with van der Waals surface area (Å²) < 4.78 is 65.6. The van der Waals surface area contributed by atoms with Gasteiger partial charge in [0, 0.05) is 24.7 Å². The fourth-order valence-corrected chi connectivity index (χ4v) is 5.46. The van der Waals surface area contributed by atoms with E-state index in [1.165, 1.54) is 0 Å². The summed E-state index contributed by atoms with van der Waals surface area (Å²) in [5.74, 6) is -0.542. The molecule has 2 aromatic rings. The van der Waals surface area contributed by atoms with Crippen molar-refractivity contribution in [2.24, 2.45) is 5.92 Å². The minimum Gasteiger partial charge on any atom is -0.325 e. The second-order valence-electron chi connectivity index (χ2n) is 7.97. The number of carbonyl (C=O) groups is 1. The average molecular weight is 455 g/mol. The molecule has 2 aromatic carbocycles. The lowest BCUT2D eigenvalue weighted by atomic mass is 9.96. The Morgan fingerprint density at radius 3 is 2.16 bits per heavy atom. The van der Waals surface area contributed by atoms with Crippen LogP contribution in [0.25, 0.3) is 0 Å². The highest BCUT2D eigenvalue weighted by Gasteiger charge is 2.35. The topological polar surface area (TPSA) is 66.5 Å². The quantitative estimate of drug-likeness (QED) is 0.730. The largest absolute Gasteiger partial charge is 0.416 e. The Balaban J connectivity index is 1.68. The van der Waals surface area contributed by atoms with Crippen molar-refractivity contribution in [3.63, 3.8) is 0 Å². The molecule has 0 saturated carbocycles. The van der Waals surface area contributed by atoms with E-state index in [-0.39, 0.29) is 24.9 Å². The van der Waals surface area contributed by atoms with Crippen LogP contribution in [0, 0.1) is 26.7 Å². The molecule has 31 heavy (non-hydrogen) atoms. The van der Waals surface area contributed by atoms with E-state index in [9.17, 15) is 26.4 Å². The van der Waals surface area contributed by atoms with E-state index in [0.29, 0.717) is 18.9 Å². The van der Waals surface area contributed by atoms with Crippen molar-refractivity contribution in [1.29, 1.82) is 0 Å². The average Bonchev–Trinajstić information content (AvgIpc) is 2.70. The number of rotatable bonds is 4. The molecule has 1 aliphatic rings. The second kappa shape index (κ2) is 8.63.